The molecule has 1 aromatic heterocycles. The highest BCUT2D eigenvalue weighted by molar-refractivity contribution is 6.27. The molecule has 180 valence electrons. The highest BCUT2D eigenvalue weighted by atomic mass is 16.5. The Morgan fingerprint density at radius 2 is 1.56 bits per heavy atom. The van der Waals surface area contributed by atoms with Crippen molar-refractivity contribution in [2.24, 2.45) is 0 Å². The van der Waals surface area contributed by atoms with Crippen molar-refractivity contribution >= 4 is 28.9 Å². The molecule has 34 heavy (non-hydrogen) atoms. The van der Waals surface area contributed by atoms with Crippen LogP contribution in [0.2, 0.25) is 0 Å². The van der Waals surface area contributed by atoms with E-state index < -0.39 is 11.9 Å². The molecule has 0 unspecified atom stereocenters. The molecule has 2 heterocycles. The smallest absolute Gasteiger partial charge is 0.414 e. The number of hydrogen-bond acceptors (Lipinski definition) is 7. The molecule has 3 N–H and O–H groups in total. The Morgan fingerprint density at radius 3 is 2.18 bits per heavy atom. The van der Waals surface area contributed by atoms with Gasteiger partial charge in [0.1, 0.15) is 5.82 Å². The summed E-state index contributed by atoms with van der Waals surface area (Å²) in [5, 5.41) is 14.8. The largest absolute Gasteiger partial charge is 0.493 e. The number of carboxylic acid groups (broad SMARTS) is 2. The van der Waals surface area contributed by atoms with Crippen LogP contribution < -0.4 is 9.47 Å². The van der Waals surface area contributed by atoms with Gasteiger partial charge in [-0.3, -0.25) is 9.69 Å². The van der Waals surface area contributed by atoms with Gasteiger partial charge in [0.15, 0.2) is 18.1 Å². The van der Waals surface area contributed by atoms with E-state index in [2.05, 4.69) is 14.9 Å². The minimum Gasteiger partial charge on any atom is -0.493 e. The second-order valence-corrected chi connectivity index (χ2v) is 7.41. The van der Waals surface area contributed by atoms with Crippen molar-refractivity contribution in [3.05, 3.63) is 54.4 Å². The topological polar surface area (TPSA) is 145 Å². The van der Waals surface area contributed by atoms with Gasteiger partial charge in [-0.2, -0.15) is 0 Å². The van der Waals surface area contributed by atoms with Gasteiger partial charge in [-0.15, -0.1) is 0 Å². The van der Waals surface area contributed by atoms with Crippen molar-refractivity contribution in [1.82, 2.24) is 19.8 Å². The molecule has 11 nitrogen and oxygen atoms in total. The number of imidazole rings is 1. The summed E-state index contributed by atoms with van der Waals surface area (Å²) in [6, 6.07) is 15.4. The molecular weight excluding hydrogens is 444 g/mol. The van der Waals surface area contributed by atoms with Crippen LogP contribution in [0.25, 0.3) is 11.0 Å². The number of aromatic nitrogens is 2. The van der Waals surface area contributed by atoms with Gasteiger partial charge >= 0.3 is 11.9 Å². The molecule has 2 aromatic carbocycles. The van der Waals surface area contributed by atoms with Crippen molar-refractivity contribution in [2.45, 2.75) is 6.54 Å². The zero-order valence-corrected chi connectivity index (χ0v) is 18.6. The number of carboxylic acids is 2. The van der Waals surface area contributed by atoms with Gasteiger partial charge < -0.3 is 29.6 Å². The Labute approximate surface area is 195 Å². The molecule has 0 radical (unpaired) electrons. The second-order valence-electron chi connectivity index (χ2n) is 7.41. The van der Waals surface area contributed by atoms with Crippen LogP contribution >= 0.6 is 0 Å². The Hall–Kier alpha value is -4.12. The lowest BCUT2D eigenvalue weighted by molar-refractivity contribution is -0.159. The highest BCUT2D eigenvalue weighted by Gasteiger charge is 2.22. The first-order valence-corrected chi connectivity index (χ1v) is 10.5. The van der Waals surface area contributed by atoms with E-state index in [1.165, 1.54) is 0 Å². The quantitative estimate of drug-likeness (QED) is 0.456. The Kier molecular flexibility index (Phi) is 8.41. The van der Waals surface area contributed by atoms with Crippen LogP contribution in [-0.4, -0.2) is 87.7 Å². The summed E-state index contributed by atoms with van der Waals surface area (Å²) < 4.78 is 10.9. The number of carbonyl (C=O) groups excluding carboxylic acids is 1. The number of fused-ring (bicyclic) bond motifs is 1. The Bertz CT molecular complexity index is 1090. The monoisotopic (exact) mass is 470 g/mol. The molecule has 1 saturated heterocycles. The maximum absolute atomic E-state index is 12.5. The summed E-state index contributed by atoms with van der Waals surface area (Å²) in [5.41, 5.74) is 2.04. The van der Waals surface area contributed by atoms with E-state index in [1.807, 2.05) is 47.4 Å². The van der Waals surface area contributed by atoms with Gasteiger partial charge in [0.2, 0.25) is 0 Å². The molecular formula is C23H26N4O7. The SMILES string of the molecule is COc1ccccc1OCC(=O)N1CCN(Cc2nc3ccccc3[nH]2)CC1.O=C(O)C(=O)O. The molecule has 0 atom stereocenters. The molecule has 1 amide bonds. The van der Waals surface area contributed by atoms with Gasteiger partial charge in [0.25, 0.3) is 5.91 Å². The number of aliphatic carboxylic acids is 2. The van der Waals surface area contributed by atoms with Crippen LogP contribution in [-0.2, 0) is 20.9 Å². The summed E-state index contributed by atoms with van der Waals surface area (Å²) in [4.78, 5) is 42.8. The number of aromatic amines is 1. The van der Waals surface area contributed by atoms with Crippen LogP contribution in [0.5, 0.6) is 11.5 Å². The van der Waals surface area contributed by atoms with E-state index in [9.17, 15) is 4.79 Å². The van der Waals surface area contributed by atoms with Crippen molar-refractivity contribution in [2.75, 3.05) is 39.9 Å². The predicted molar refractivity (Wildman–Crippen MR) is 122 cm³/mol. The summed E-state index contributed by atoms with van der Waals surface area (Å²) in [7, 11) is 1.59. The van der Waals surface area contributed by atoms with Gasteiger partial charge in [-0.05, 0) is 24.3 Å². The third-order valence-corrected chi connectivity index (χ3v) is 5.14. The zero-order chi connectivity index (χ0) is 24.5. The molecule has 11 heteroatoms. The van der Waals surface area contributed by atoms with Crippen molar-refractivity contribution in [3.63, 3.8) is 0 Å². The number of para-hydroxylation sites is 4. The molecule has 3 aromatic rings. The number of nitrogens with zero attached hydrogens (tertiary/aromatic N) is 3. The minimum absolute atomic E-state index is 0.00528. The average molecular weight is 470 g/mol. The number of rotatable bonds is 6. The second kappa shape index (κ2) is 11.7. The first kappa shape index (κ1) is 24.5. The predicted octanol–water partition coefficient (Wildman–Crippen LogP) is 1.45. The normalized spacial score (nSPS) is 13.6. The molecule has 4 rings (SSSR count). The van der Waals surface area contributed by atoms with E-state index >= 15 is 0 Å². The maximum atomic E-state index is 12.5. The van der Waals surface area contributed by atoms with E-state index in [-0.39, 0.29) is 12.5 Å². The van der Waals surface area contributed by atoms with Gasteiger partial charge in [-0.1, -0.05) is 24.3 Å². The lowest BCUT2D eigenvalue weighted by Crippen LogP contribution is -2.49. The summed E-state index contributed by atoms with van der Waals surface area (Å²) in [6.45, 7) is 3.79. The molecule has 1 aliphatic heterocycles. The number of piperazine rings is 1. The van der Waals surface area contributed by atoms with E-state index in [0.717, 1.165) is 36.5 Å². The fourth-order valence-electron chi connectivity index (χ4n) is 3.42. The fraction of sp³-hybridized carbons (Fsp3) is 0.304. The Morgan fingerprint density at radius 1 is 0.941 bits per heavy atom. The van der Waals surface area contributed by atoms with Crippen molar-refractivity contribution < 1.29 is 34.1 Å². The van der Waals surface area contributed by atoms with E-state index in [4.69, 9.17) is 29.3 Å². The van der Waals surface area contributed by atoms with Crippen LogP contribution in [0, 0.1) is 0 Å². The van der Waals surface area contributed by atoms with Gasteiger partial charge in [0, 0.05) is 26.2 Å². The third-order valence-electron chi connectivity index (χ3n) is 5.14. The van der Waals surface area contributed by atoms with E-state index in [0.29, 0.717) is 24.6 Å². The fourth-order valence-corrected chi connectivity index (χ4v) is 3.42. The standard InChI is InChI=1S/C21H24N4O3.C2H2O4/c1-27-18-8-4-5-9-19(18)28-15-21(26)25-12-10-24(11-13-25)14-20-22-16-6-2-3-7-17(16)23-20;3-1(4)2(5)6/h2-9H,10-15H2,1H3,(H,22,23);(H,3,4)(H,5,6). The lowest BCUT2D eigenvalue weighted by atomic mass is 10.3. The number of benzene rings is 2. The van der Waals surface area contributed by atoms with Crippen molar-refractivity contribution in [3.8, 4) is 11.5 Å². The first-order chi connectivity index (χ1) is 16.4. The van der Waals surface area contributed by atoms with Crippen LogP contribution in [0.15, 0.2) is 48.5 Å². The molecule has 1 fully saturated rings. The van der Waals surface area contributed by atoms with Crippen LogP contribution in [0.4, 0.5) is 0 Å². The van der Waals surface area contributed by atoms with E-state index in [1.54, 1.807) is 13.2 Å². The number of ether oxygens (including phenoxy) is 2. The molecule has 0 spiro atoms. The number of amides is 1. The number of hydrogen-bond donors (Lipinski definition) is 3. The highest BCUT2D eigenvalue weighted by Crippen LogP contribution is 2.25. The lowest BCUT2D eigenvalue weighted by Gasteiger charge is -2.34. The van der Waals surface area contributed by atoms with Crippen LogP contribution in [0.3, 0.4) is 0 Å². The summed E-state index contributed by atoms with van der Waals surface area (Å²) >= 11 is 0. The van der Waals surface area contributed by atoms with Gasteiger partial charge in [0.05, 0.1) is 24.7 Å². The number of nitrogens with one attached hydrogen (secondary N) is 1. The van der Waals surface area contributed by atoms with Gasteiger partial charge in [-0.25, -0.2) is 14.6 Å². The van der Waals surface area contributed by atoms with Crippen molar-refractivity contribution in [1.29, 1.82) is 0 Å². The molecule has 0 bridgehead atoms. The average Bonchev–Trinajstić information content (AvgIpc) is 3.25. The summed E-state index contributed by atoms with van der Waals surface area (Å²) in [5.74, 6) is -1.48. The number of carbonyl (C=O) groups is 3. The minimum atomic E-state index is -1.82. The molecule has 0 saturated carbocycles. The molecule has 0 aliphatic carbocycles. The first-order valence-electron chi connectivity index (χ1n) is 10.5. The summed E-state index contributed by atoms with van der Waals surface area (Å²) in [6.07, 6.45) is 0. The number of methoxy groups -OCH3 is 1. The third kappa shape index (κ3) is 6.69. The zero-order valence-electron chi connectivity index (χ0n) is 18.6. The molecule has 1 aliphatic rings. The Balaban J connectivity index is 0.000000481. The number of H-pyrrole nitrogens is 1. The maximum Gasteiger partial charge on any atom is 0.414 e. The van der Waals surface area contributed by atoms with Crippen LogP contribution in [0.1, 0.15) is 5.82 Å².